The zero-order valence-electron chi connectivity index (χ0n) is 9.78. The van der Waals surface area contributed by atoms with Crippen molar-refractivity contribution in [3.05, 3.63) is 0 Å². The van der Waals surface area contributed by atoms with Crippen LogP contribution in [0.25, 0.3) is 0 Å². The number of hydrogen-bond acceptors (Lipinski definition) is 4. The molecule has 0 saturated heterocycles. The highest BCUT2D eigenvalue weighted by Crippen LogP contribution is 1.97. The lowest BCUT2D eigenvalue weighted by atomic mass is 10.3. The average molecular weight is 244 g/mol. The van der Waals surface area contributed by atoms with E-state index in [9.17, 15) is 19.2 Å². The van der Waals surface area contributed by atoms with Crippen LogP contribution < -0.4 is 16.4 Å². The van der Waals surface area contributed by atoms with Gasteiger partial charge in [0.2, 0.25) is 5.91 Å². The second-order valence-electron chi connectivity index (χ2n) is 3.29. The zero-order chi connectivity index (χ0) is 13.4. The van der Waals surface area contributed by atoms with Gasteiger partial charge < -0.3 is 5.73 Å². The number of unbranched alkanes of at least 4 members (excludes halogenated alkanes) is 1. The van der Waals surface area contributed by atoms with Crippen LogP contribution in [0.2, 0.25) is 0 Å². The molecule has 0 aromatic carbocycles. The second-order valence-corrected chi connectivity index (χ2v) is 3.29. The van der Waals surface area contributed by atoms with Crippen LogP contribution in [0, 0.1) is 0 Å². The fourth-order valence-electron chi connectivity index (χ4n) is 1.00. The molecule has 8 nitrogen and oxygen atoms in total. The van der Waals surface area contributed by atoms with Crippen LogP contribution in [0.4, 0.5) is 14.4 Å². The van der Waals surface area contributed by atoms with Crippen molar-refractivity contribution < 1.29 is 19.2 Å². The summed E-state index contributed by atoms with van der Waals surface area (Å²) < 4.78 is 0. The van der Waals surface area contributed by atoms with Crippen LogP contribution in [0.1, 0.15) is 26.7 Å². The van der Waals surface area contributed by atoms with Gasteiger partial charge in [-0.3, -0.25) is 15.4 Å². The first-order valence-electron chi connectivity index (χ1n) is 5.08. The van der Waals surface area contributed by atoms with E-state index in [-0.39, 0.29) is 6.54 Å². The molecule has 0 spiro atoms. The van der Waals surface area contributed by atoms with E-state index in [0.29, 0.717) is 6.42 Å². The fraction of sp³-hybridized carbons (Fsp3) is 0.556. The van der Waals surface area contributed by atoms with Crippen molar-refractivity contribution in [1.82, 2.24) is 15.5 Å². The molecule has 0 aliphatic heterocycles. The molecule has 8 heteroatoms. The molecule has 0 atom stereocenters. The van der Waals surface area contributed by atoms with E-state index in [0.717, 1.165) is 18.2 Å². The summed E-state index contributed by atoms with van der Waals surface area (Å²) in [6.07, 6.45) is 1.30. The first kappa shape index (κ1) is 14.9. The number of nitrogens with two attached hydrogens (primary N) is 1. The SMILES string of the molecule is CCCCN(C(=O)NC(C)=O)C(=O)NC(N)=O. The summed E-state index contributed by atoms with van der Waals surface area (Å²) in [4.78, 5) is 44.8. The Morgan fingerprint density at radius 1 is 1.12 bits per heavy atom. The minimum atomic E-state index is -1.06. The van der Waals surface area contributed by atoms with E-state index >= 15 is 0 Å². The molecule has 0 aromatic rings. The highest BCUT2D eigenvalue weighted by Gasteiger charge is 2.22. The van der Waals surface area contributed by atoms with Crippen LogP contribution in [0.3, 0.4) is 0 Å². The summed E-state index contributed by atoms with van der Waals surface area (Å²) in [5.41, 5.74) is 4.77. The summed E-state index contributed by atoms with van der Waals surface area (Å²) in [6, 6.07) is -2.90. The topological polar surface area (TPSA) is 122 Å². The Bertz CT molecular complexity index is 301. The van der Waals surface area contributed by atoms with Crippen LogP contribution in [0.5, 0.6) is 0 Å². The van der Waals surface area contributed by atoms with E-state index in [1.54, 1.807) is 5.32 Å². The maximum atomic E-state index is 11.5. The number of imide groups is 3. The first-order chi connectivity index (χ1) is 7.88. The fourth-order valence-corrected chi connectivity index (χ4v) is 1.00. The van der Waals surface area contributed by atoms with Gasteiger partial charge in [0, 0.05) is 13.5 Å². The van der Waals surface area contributed by atoms with Gasteiger partial charge >= 0.3 is 18.1 Å². The first-order valence-corrected chi connectivity index (χ1v) is 5.08. The maximum Gasteiger partial charge on any atom is 0.333 e. The molecule has 0 radical (unpaired) electrons. The minimum absolute atomic E-state index is 0.0920. The Balaban J connectivity index is 4.61. The largest absolute Gasteiger partial charge is 0.351 e. The molecule has 17 heavy (non-hydrogen) atoms. The minimum Gasteiger partial charge on any atom is -0.351 e. The van der Waals surface area contributed by atoms with Crippen LogP contribution in [0.15, 0.2) is 0 Å². The second kappa shape index (κ2) is 7.20. The van der Waals surface area contributed by atoms with E-state index in [1.807, 2.05) is 12.2 Å². The normalized spacial score (nSPS) is 9.29. The predicted molar refractivity (Wildman–Crippen MR) is 58.9 cm³/mol. The lowest BCUT2D eigenvalue weighted by molar-refractivity contribution is -0.118. The Morgan fingerprint density at radius 2 is 1.65 bits per heavy atom. The summed E-state index contributed by atoms with van der Waals surface area (Å²) >= 11 is 0. The third kappa shape index (κ3) is 6.13. The third-order valence-electron chi connectivity index (χ3n) is 1.74. The Hall–Kier alpha value is -2.12. The Labute approximate surface area is 98.5 Å². The maximum absolute atomic E-state index is 11.5. The third-order valence-corrected chi connectivity index (χ3v) is 1.74. The van der Waals surface area contributed by atoms with E-state index in [2.05, 4.69) is 0 Å². The van der Waals surface area contributed by atoms with Gasteiger partial charge in [-0.15, -0.1) is 0 Å². The van der Waals surface area contributed by atoms with Crippen molar-refractivity contribution in [2.75, 3.05) is 6.54 Å². The number of hydrogen-bond donors (Lipinski definition) is 3. The number of rotatable bonds is 3. The molecule has 0 aliphatic carbocycles. The molecule has 0 aromatic heterocycles. The highest BCUT2D eigenvalue weighted by atomic mass is 16.2. The molecule has 0 unspecified atom stereocenters. The molecule has 0 fully saturated rings. The van der Waals surface area contributed by atoms with Crippen LogP contribution >= 0.6 is 0 Å². The molecule has 0 heterocycles. The molecule has 96 valence electrons. The van der Waals surface area contributed by atoms with Crippen molar-refractivity contribution in [3.63, 3.8) is 0 Å². The van der Waals surface area contributed by atoms with Crippen molar-refractivity contribution in [1.29, 1.82) is 0 Å². The number of nitrogens with zero attached hydrogens (tertiary/aromatic N) is 1. The molecular weight excluding hydrogens is 228 g/mol. The van der Waals surface area contributed by atoms with Crippen molar-refractivity contribution in [3.8, 4) is 0 Å². The number of amides is 7. The molecular formula is C9H16N4O4. The van der Waals surface area contributed by atoms with Crippen LogP contribution in [-0.2, 0) is 4.79 Å². The van der Waals surface area contributed by atoms with Gasteiger partial charge in [-0.25, -0.2) is 19.3 Å². The van der Waals surface area contributed by atoms with Gasteiger partial charge in [0.25, 0.3) is 0 Å². The summed E-state index contributed by atoms with van der Waals surface area (Å²) in [7, 11) is 0. The summed E-state index contributed by atoms with van der Waals surface area (Å²) in [5.74, 6) is -0.594. The molecule has 0 aliphatic rings. The van der Waals surface area contributed by atoms with Gasteiger partial charge in [-0.2, -0.15) is 0 Å². The number of carbonyl (C=O) groups excluding carboxylic acids is 4. The number of carbonyl (C=O) groups is 4. The lowest BCUT2D eigenvalue weighted by Gasteiger charge is -2.19. The molecule has 0 saturated carbocycles. The van der Waals surface area contributed by atoms with Crippen molar-refractivity contribution >= 4 is 24.0 Å². The molecule has 7 amide bonds. The smallest absolute Gasteiger partial charge is 0.333 e. The van der Waals surface area contributed by atoms with Gasteiger partial charge in [0.1, 0.15) is 0 Å². The van der Waals surface area contributed by atoms with Crippen molar-refractivity contribution in [2.45, 2.75) is 26.7 Å². The number of urea groups is 3. The highest BCUT2D eigenvalue weighted by molar-refractivity contribution is 6.04. The Morgan fingerprint density at radius 3 is 2.06 bits per heavy atom. The monoisotopic (exact) mass is 244 g/mol. The van der Waals surface area contributed by atoms with E-state index in [4.69, 9.17) is 5.73 Å². The summed E-state index contributed by atoms with van der Waals surface area (Å²) in [6.45, 7) is 3.10. The molecule has 0 bridgehead atoms. The standard InChI is InChI=1S/C9H16N4O4/c1-3-4-5-13(8(16)11-6(2)14)9(17)12-7(10)15/h3-5H2,1-2H3,(H,11,14,16)(H3,10,12,15,17). The lowest BCUT2D eigenvalue weighted by Crippen LogP contribution is -2.52. The summed E-state index contributed by atoms with van der Waals surface area (Å²) in [5, 5.41) is 3.70. The van der Waals surface area contributed by atoms with Gasteiger partial charge in [0.15, 0.2) is 0 Å². The van der Waals surface area contributed by atoms with E-state index < -0.39 is 24.0 Å². The van der Waals surface area contributed by atoms with Crippen LogP contribution in [-0.4, -0.2) is 35.4 Å². The van der Waals surface area contributed by atoms with Gasteiger partial charge in [0.05, 0.1) is 0 Å². The Kier molecular flexibility index (Phi) is 6.30. The predicted octanol–water partition coefficient (Wildman–Crippen LogP) is 0.133. The number of nitrogens with one attached hydrogen (secondary N) is 2. The molecule has 0 rings (SSSR count). The average Bonchev–Trinajstić information content (AvgIpc) is 2.15. The van der Waals surface area contributed by atoms with Crippen molar-refractivity contribution in [2.24, 2.45) is 5.73 Å². The number of primary amides is 1. The zero-order valence-corrected chi connectivity index (χ0v) is 9.78. The van der Waals surface area contributed by atoms with Gasteiger partial charge in [-0.05, 0) is 6.42 Å². The molecule has 4 N–H and O–H groups in total. The quantitative estimate of drug-likeness (QED) is 0.653. The van der Waals surface area contributed by atoms with Gasteiger partial charge in [-0.1, -0.05) is 13.3 Å². The van der Waals surface area contributed by atoms with E-state index in [1.165, 1.54) is 0 Å².